The van der Waals surface area contributed by atoms with Crippen molar-refractivity contribution in [2.24, 2.45) is 0 Å². The highest BCUT2D eigenvalue weighted by atomic mass is 32.2. The SMILES string of the molecule is O=C1C=C2CSCc3ccc(cc3)OCc3cccc(c3)COc3ccc(cc3)CSCC1=CC2=O. The largest absolute Gasteiger partial charge is 0.489 e. The van der Waals surface area contributed by atoms with Crippen LogP contribution in [0.4, 0.5) is 0 Å². The van der Waals surface area contributed by atoms with Gasteiger partial charge in [-0.2, -0.15) is 23.5 Å². The van der Waals surface area contributed by atoms with Crippen LogP contribution < -0.4 is 9.47 Å². The van der Waals surface area contributed by atoms with Crippen molar-refractivity contribution in [3.05, 3.63) is 118 Å². The van der Waals surface area contributed by atoms with E-state index in [0.29, 0.717) is 35.9 Å². The normalized spacial score (nSPS) is 16.9. The van der Waals surface area contributed by atoms with Crippen molar-refractivity contribution in [1.29, 1.82) is 0 Å². The van der Waals surface area contributed by atoms with Gasteiger partial charge >= 0.3 is 0 Å². The first-order valence-corrected chi connectivity index (χ1v) is 14.1. The highest BCUT2D eigenvalue weighted by Gasteiger charge is 2.20. The Bertz CT molecular complexity index is 1210. The van der Waals surface area contributed by atoms with Crippen LogP contribution in [0.3, 0.4) is 0 Å². The highest BCUT2D eigenvalue weighted by Crippen LogP contribution is 2.25. The van der Waals surface area contributed by atoms with Crippen molar-refractivity contribution in [2.75, 3.05) is 11.5 Å². The van der Waals surface area contributed by atoms with Crippen LogP contribution in [0.15, 0.2) is 96.1 Å². The zero-order valence-electron chi connectivity index (χ0n) is 19.8. The van der Waals surface area contributed by atoms with Gasteiger partial charge in [-0.15, -0.1) is 0 Å². The molecule has 0 N–H and O–H groups in total. The van der Waals surface area contributed by atoms with Gasteiger partial charge in [0.05, 0.1) is 0 Å². The van der Waals surface area contributed by atoms with Gasteiger partial charge in [-0.25, -0.2) is 0 Å². The van der Waals surface area contributed by atoms with Gasteiger partial charge in [0.1, 0.15) is 24.7 Å². The monoisotopic (exact) mass is 514 g/mol. The molecule has 4 nitrogen and oxygen atoms in total. The zero-order chi connectivity index (χ0) is 24.7. The molecule has 3 aromatic carbocycles. The lowest BCUT2D eigenvalue weighted by atomic mass is 9.99. The molecule has 11 rings (SSSR count). The van der Waals surface area contributed by atoms with E-state index in [1.54, 1.807) is 23.5 Å². The molecule has 0 unspecified atom stereocenters. The summed E-state index contributed by atoms with van der Waals surface area (Å²) in [5.74, 6) is 4.05. The molecule has 0 atom stereocenters. The van der Waals surface area contributed by atoms with Crippen LogP contribution in [0.25, 0.3) is 0 Å². The van der Waals surface area contributed by atoms with Crippen molar-refractivity contribution in [2.45, 2.75) is 24.7 Å². The van der Waals surface area contributed by atoms with Gasteiger partial charge in [-0.05, 0) is 64.7 Å². The molecule has 8 bridgehead atoms. The number of carbonyl (C=O) groups excluding carboxylic acids is 2. The van der Waals surface area contributed by atoms with Crippen LogP contribution in [0.1, 0.15) is 22.3 Å². The first-order valence-electron chi connectivity index (χ1n) is 11.8. The second-order valence-electron chi connectivity index (χ2n) is 8.74. The maximum absolute atomic E-state index is 12.6. The number of thioether (sulfide) groups is 2. The molecule has 0 saturated carbocycles. The number of hydrogen-bond donors (Lipinski definition) is 0. The van der Waals surface area contributed by atoms with Gasteiger partial charge in [0, 0.05) is 34.2 Å². The van der Waals surface area contributed by atoms with Gasteiger partial charge in [-0.1, -0.05) is 42.5 Å². The van der Waals surface area contributed by atoms with E-state index >= 15 is 0 Å². The molecule has 0 spiro atoms. The molecule has 0 saturated heterocycles. The fraction of sp³-hybridized carbons (Fsp3) is 0.200. The van der Waals surface area contributed by atoms with Crippen molar-refractivity contribution in [3.63, 3.8) is 0 Å². The summed E-state index contributed by atoms with van der Waals surface area (Å²) in [7, 11) is 0. The fourth-order valence-electron chi connectivity index (χ4n) is 3.93. The Hall–Kier alpha value is -3.22. The molecular formula is C30H26O4S2. The maximum atomic E-state index is 12.6. The minimum absolute atomic E-state index is 0.0582. The van der Waals surface area contributed by atoms with Crippen LogP contribution in [0, 0.1) is 0 Å². The quantitative estimate of drug-likeness (QED) is 0.327. The lowest BCUT2D eigenvalue weighted by Crippen LogP contribution is -2.16. The van der Waals surface area contributed by atoms with E-state index in [-0.39, 0.29) is 11.6 Å². The maximum Gasteiger partial charge on any atom is 0.183 e. The molecule has 0 amide bonds. The van der Waals surface area contributed by atoms with Crippen molar-refractivity contribution in [1.82, 2.24) is 0 Å². The first-order chi connectivity index (χ1) is 17.6. The van der Waals surface area contributed by atoms with E-state index < -0.39 is 0 Å². The molecule has 0 radical (unpaired) electrons. The van der Waals surface area contributed by atoms with Crippen LogP contribution in [-0.4, -0.2) is 23.1 Å². The van der Waals surface area contributed by atoms with Gasteiger partial charge in [0.25, 0.3) is 0 Å². The van der Waals surface area contributed by atoms with Gasteiger partial charge in [-0.3, -0.25) is 9.59 Å². The smallest absolute Gasteiger partial charge is 0.183 e. The highest BCUT2D eigenvalue weighted by molar-refractivity contribution is 7.99. The zero-order valence-corrected chi connectivity index (χ0v) is 21.4. The Morgan fingerprint density at radius 2 is 0.972 bits per heavy atom. The Kier molecular flexibility index (Phi) is 7.94. The fourth-order valence-corrected chi connectivity index (χ4v) is 5.89. The van der Waals surface area contributed by atoms with Gasteiger partial charge in [0.2, 0.25) is 0 Å². The summed E-state index contributed by atoms with van der Waals surface area (Å²) in [6, 6.07) is 24.3. The molecule has 8 aliphatic rings. The van der Waals surface area contributed by atoms with Gasteiger partial charge in [0.15, 0.2) is 11.6 Å². The number of carbonyl (C=O) groups is 2. The number of benzene rings is 3. The number of allylic oxidation sites excluding steroid dienone is 2. The van der Waals surface area contributed by atoms with Crippen molar-refractivity contribution in [3.8, 4) is 11.5 Å². The molecule has 3 aromatic rings. The Morgan fingerprint density at radius 1 is 0.528 bits per heavy atom. The molecule has 0 fully saturated rings. The molecule has 1 aliphatic carbocycles. The number of ether oxygens (including phenoxy) is 2. The third-order valence-corrected chi connectivity index (χ3v) is 8.05. The molecule has 6 heteroatoms. The summed E-state index contributed by atoms with van der Waals surface area (Å²) >= 11 is 3.26. The lowest BCUT2D eigenvalue weighted by molar-refractivity contribution is -0.115. The predicted molar refractivity (Wildman–Crippen MR) is 146 cm³/mol. The van der Waals surface area contributed by atoms with E-state index in [4.69, 9.17) is 9.47 Å². The summed E-state index contributed by atoms with van der Waals surface area (Å²) in [6.45, 7) is 0.961. The Morgan fingerprint density at radius 3 is 1.42 bits per heavy atom. The minimum atomic E-state index is -0.0582. The van der Waals surface area contributed by atoms with Crippen LogP contribution in [0.5, 0.6) is 11.5 Å². The van der Waals surface area contributed by atoms with E-state index in [2.05, 4.69) is 18.2 Å². The van der Waals surface area contributed by atoms with E-state index in [9.17, 15) is 9.59 Å². The number of rotatable bonds is 0. The van der Waals surface area contributed by atoms with Crippen LogP contribution >= 0.6 is 23.5 Å². The Labute approximate surface area is 219 Å². The molecule has 0 aromatic heterocycles. The number of ketones is 2. The number of hydrogen-bond acceptors (Lipinski definition) is 6. The molecule has 7 heterocycles. The minimum Gasteiger partial charge on any atom is -0.489 e. The van der Waals surface area contributed by atoms with Crippen molar-refractivity contribution >= 4 is 35.1 Å². The summed E-state index contributed by atoms with van der Waals surface area (Å²) in [5.41, 5.74) is 5.61. The summed E-state index contributed by atoms with van der Waals surface area (Å²) in [6.07, 6.45) is 3.04. The predicted octanol–water partition coefficient (Wildman–Crippen LogP) is 6.33. The van der Waals surface area contributed by atoms with E-state index in [0.717, 1.165) is 45.3 Å². The molecular weight excluding hydrogens is 488 g/mol. The average molecular weight is 515 g/mol. The standard InChI is InChI=1S/C30H26O4S2/c31-29-14-26-20-36-18-22-6-10-28(11-7-22)34-16-24-3-1-2-23(12-24)15-33-27-8-4-21(5-9-27)17-35-19-25(29)13-30(26)32/h1-14H,15-20H2. The molecule has 36 heavy (non-hydrogen) atoms. The molecule has 182 valence electrons. The van der Waals surface area contributed by atoms with Crippen LogP contribution in [0.2, 0.25) is 0 Å². The van der Waals surface area contributed by atoms with E-state index in [1.165, 1.54) is 12.2 Å². The molecule has 7 aliphatic heterocycles. The van der Waals surface area contributed by atoms with Crippen molar-refractivity contribution < 1.29 is 19.1 Å². The summed E-state index contributed by atoms with van der Waals surface area (Å²) < 4.78 is 12.0. The second kappa shape index (κ2) is 11.7. The summed E-state index contributed by atoms with van der Waals surface area (Å²) in [5, 5.41) is 0. The average Bonchev–Trinajstić information content (AvgIpc) is 2.90. The second-order valence-corrected chi connectivity index (χ2v) is 10.7. The third-order valence-electron chi connectivity index (χ3n) is 5.95. The Balaban J connectivity index is 1.32. The van der Waals surface area contributed by atoms with Crippen LogP contribution in [-0.2, 0) is 34.3 Å². The lowest BCUT2D eigenvalue weighted by Gasteiger charge is -2.12. The third kappa shape index (κ3) is 6.50. The summed E-state index contributed by atoms with van der Waals surface area (Å²) in [4.78, 5) is 25.2. The van der Waals surface area contributed by atoms with Gasteiger partial charge < -0.3 is 9.47 Å². The topological polar surface area (TPSA) is 52.6 Å². The van der Waals surface area contributed by atoms with E-state index in [1.807, 2.05) is 54.6 Å². The first kappa shape index (κ1) is 24.5.